The number of rotatable bonds is 1. The SMILES string of the molecule is CC(=O)N[C@H]1C=Cc2ccccc2[C@H]1O. The van der Waals surface area contributed by atoms with Crippen molar-refractivity contribution in [3.63, 3.8) is 0 Å². The van der Waals surface area contributed by atoms with E-state index in [2.05, 4.69) is 5.32 Å². The molecule has 0 radical (unpaired) electrons. The van der Waals surface area contributed by atoms with Crippen molar-refractivity contribution in [2.75, 3.05) is 0 Å². The molecule has 2 atom stereocenters. The Bertz CT molecular complexity index is 412. The Hall–Kier alpha value is -1.61. The van der Waals surface area contributed by atoms with Crippen molar-refractivity contribution in [2.45, 2.75) is 19.1 Å². The van der Waals surface area contributed by atoms with Crippen LogP contribution >= 0.6 is 0 Å². The number of carbonyl (C=O) groups is 1. The maximum atomic E-state index is 10.9. The van der Waals surface area contributed by atoms with Crippen LogP contribution in [0.5, 0.6) is 0 Å². The fourth-order valence-electron chi connectivity index (χ4n) is 1.80. The second-order valence-electron chi connectivity index (χ2n) is 3.66. The number of fused-ring (bicyclic) bond motifs is 1. The highest BCUT2D eigenvalue weighted by atomic mass is 16.3. The minimum absolute atomic E-state index is 0.136. The van der Waals surface area contributed by atoms with Gasteiger partial charge in [-0.25, -0.2) is 0 Å². The maximum Gasteiger partial charge on any atom is 0.217 e. The van der Waals surface area contributed by atoms with Crippen LogP contribution in [0.15, 0.2) is 30.3 Å². The molecular weight excluding hydrogens is 190 g/mol. The molecule has 0 aromatic heterocycles. The van der Waals surface area contributed by atoms with Crippen LogP contribution in [-0.4, -0.2) is 17.1 Å². The summed E-state index contributed by atoms with van der Waals surface area (Å²) in [6.45, 7) is 1.45. The lowest BCUT2D eigenvalue weighted by Gasteiger charge is -2.25. The van der Waals surface area contributed by atoms with Crippen molar-refractivity contribution in [1.82, 2.24) is 5.32 Å². The largest absolute Gasteiger partial charge is 0.386 e. The molecule has 78 valence electrons. The molecule has 2 rings (SSSR count). The van der Waals surface area contributed by atoms with Crippen molar-refractivity contribution in [3.05, 3.63) is 41.5 Å². The van der Waals surface area contributed by atoms with Gasteiger partial charge in [0.25, 0.3) is 0 Å². The molecule has 0 aliphatic heterocycles. The van der Waals surface area contributed by atoms with Crippen LogP contribution in [0.4, 0.5) is 0 Å². The minimum Gasteiger partial charge on any atom is -0.386 e. The second kappa shape index (κ2) is 3.87. The molecule has 0 bridgehead atoms. The number of aliphatic hydroxyl groups excluding tert-OH is 1. The molecule has 1 aromatic rings. The van der Waals surface area contributed by atoms with Crippen LogP contribution in [0.1, 0.15) is 24.2 Å². The van der Waals surface area contributed by atoms with Gasteiger partial charge in [0.1, 0.15) is 6.10 Å². The van der Waals surface area contributed by atoms with E-state index in [0.717, 1.165) is 11.1 Å². The van der Waals surface area contributed by atoms with Gasteiger partial charge in [-0.15, -0.1) is 0 Å². The van der Waals surface area contributed by atoms with E-state index >= 15 is 0 Å². The highest BCUT2D eigenvalue weighted by Gasteiger charge is 2.23. The molecule has 3 heteroatoms. The molecule has 0 saturated heterocycles. The Morgan fingerprint density at radius 3 is 2.87 bits per heavy atom. The smallest absolute Gasteiger partial charge is 0.217 e. The minimum atomic E-state index is -0.657. The summed E-state index contributed by atoms with van der Waals surface area (Å²) in [4.78, 5) is 10.9. The molecular formula is C12H13NO2. The number of benzene rings is 1. The van der Waals surface area contributed by atoms with E-state index in [4.69, 9.17) is 0 Å². The van der Waals surface area contributed by atoms with Crippen molar-refractivity contribution in [3.8, 4) is 0 Å². The molecule has 1 aliphatic rings. The van der Waals surface area contributed by atoms with Crippen LogP contribution in [0.3, 0.4) is 0 Å². The molecule has 1 aromatic carbocycles. The Balaban J connectivity index is 2.29. The zero-order valence-electron chi connectivity index (χ0n) is 8.47. The zero-order chi connectivity index (χ0) is 10.8. The van der Waals surface area contributed by atoms with Gasteiger partial charge < -0.3 is 10.4 Å². The van der Waals surface area contributed by atoms with Gasteiger partial charge in [0, 0.05) is 6.92 Å². The number of aliphatic hydroxyl groups is 1. The van der Waals surface area contributed by atoms with Gasteiger partial charge in [-0.3, -0.25) is 4.79 Å². The summed E-state index contributed by atoms with van der Waals surface area (Å²) < 4.78 is 0. The van der Waals surface area contributed by atoms with E-state index in [1.807, 2.05) is 36.4 Å². The monoisotopic (exact) mass is 203 g/mol. The Kier molecular flexibility index (Phi) is 2.56. The molecule has 15 heavy (non-hydrogen) atoms. The maximum absolute atomic E-state index is 10.9. The number of amides is 1. The van der Waals surface area contributed by atoms with Gasteiger partial charge >= 0.3 is 0 Å². The van der Waals surface area contributed by atoms with Gasteiger partial charge in [-0.05, 0) is 11.1 Å². The van der Waals surface area contributed by atoms with Gasteiger partial charge in [0.2, 0.25) is 5.91 Å². The summed E-state index contributed by atoms with van der Waals surface area (Å²) in [5.41, 5.74) is 1.87. The summed E-state index contributed by atoms with van der Waals surface area (Å²) in [6, 6.07) is 7.30. The average Bonchev–Trinajstić information content (AvgIpc) is 2.22. The van der Waals surface area contributed by atoms with Crippen molar-refractivity contribution < 1.29 is 9.90 Å². The number of nitrogens with one attached hydrogen (secondary N) is 1. The third-order valence-electron chi connectivity index (χ3n) is 2.51. The molecule has 0 spiro atoms. The predicted molar refractivity (Wildman–Crippen MR) is 58.0 cm³/mol. The quantitative estimate of drug-likeness (QED) is 0.721. The average molecular weight is 203 g/mol. The van der Waals surface area contributed by atoms with Crippen LogP contribution < -0.4 is 5.32 Å². The fraction of sp³-hybridized carbons (Fsp3) is 0.250. The van der Waals surface area contributed by atoms with E-state index in [-0.39, 0.29) is 11.9 Å². The Morgan fingerprint density at radius 2 is 2.13 bits per heavy atom. The number of hydrogen-bond donors (Lipinski definition) is 2. The van der Waals surface area contributed by atoms with E-state index in [0.29, 0.717) is 0 Å². The summed E-state index contributed by atoms with van der Waals surface area (Å²) in [7, 11) is 0. The van der Waals surface area contributed by atoms with E-state index < -0.39 is 6.10 Å². The predicted octanol–water partition coefficient (Wildman–Crippen LogP) is 1.25. The first kappa shape index (κ1) is 9.93. The van der Waals surface area contributed by atoms with E-state index in [1.54, 1.807) is 0 Å². The summed E-state index contributed by atoms with van der Waals surface area (Å²) in [5, 5.41) is 12.7. The van der Waals surface area contributed by atoms with Crippen molar-refractivity contribution in [2.24, 2.45) is 0 Å². The molecule has 0 saturated carbocycles. The van der Waals surface area contributed by atoms with Gasteiger partial charge in [-0.1, -0.05) is 36.4 Å². The van der Waals surface area contributed by atoms with Gasteiger partial charge in [0.05, 0.1) is 6.04 Å². The van der Waals surface area contributed by atoms with Crippen LogP contribution in [0, 0.1) is 0 Å². The third kappa shape index (κ3) is 1.92. The van der Waals surface area contributed by atoms with Crippen LogP contribution in [0.2, 0.25) is 0 Å². The Labute approximate surface area is 88.4 Å². The highest BCUT2D eigenvalue weighted by Crippen LogP contribution is 2.27. The van der Waals surface area contributed by atoms with Gasteiger partial charge in [-0.2, -0.15) is 0 Å². The second-order valence-corrected chi connectivity index (χ2v) is 3.66. The van der Waals surface area contributed by atoms with Gasteiger partial charge in [0.15, 0.2) is 0 Å². The molecule has 1 amide bonds. The molecule has 2 N–H and O–H groups in total. The molecule has 1 aliphatic carbocycles. The lowest BCUT2D eigenvalue weighted by Crippen LogP contribution is -2.37. The summed E-state index contributed by atoms with van der Waals surface area (Å²) in [6.07, 6.45) is 3.08. The molecule has 0 heterocycles. The Morgan fingerprint density at radius 1 is 1.40 bits per heavy atom. The first-order valence-corrected chi connectivity index (χ1v) is 4.91. The lowest BCUT2D eigenvalue weighted by atomic mass is 9.91. The first-order chi connectivity index (χ1) is 7.18. The summed E-state index contributed by atoms with van der Waals surface area (Å²) >= 11 is 0. The first-order valence-electron chi connectivity index (χ1n) is 4.91. The van der Waals surface area contributed by atoms with E-state index in [9.17, 15) is 9.90 Å². The standard InChI is InChI=1S/C12H13NO2/c1-8(14)13-11-7-6-9-4-2-3-5-10(9)12(11)15/h2-7,11-12,15H,1H3,(H,13,14)/t11-,12+/m0/s1. The fourth-order valence-corrected chi connectivity index (χ4v) is 1.80. The van der Waals surface area contributed by atoms with Crippen LogP contribution in [0.25, 0.3) is 6.08 Å². The number of carbonyl (C=O) groups excluding carboxylic acids is 1. The lowest BCUT2D eigenvalue weighted by molar-refractivity contribution is -0.120. The number of hydrogen-bond acceptors (Lipinski definition) is 2. The van der Waals surface area contributed by atoms with Crippen LogP contribution in [-0.2, 0) is 4.79 Å². The van der Waals surface area contributed by atoms with Crippen molar-refractivity contribution in [1.29, 1.82) is 0 Å². The summed E-state index contributed by atoms with van der Waals surface area (Å²) in [5.74, 6) is -0.136. The third-order valence-corrected chi connectivity index (χ3v) is 2.51. The molecule has 0 fully saturated rings. The normalized spacial score (nSPS) is 23.3. The topological polar surface area (TPSA) is 49.3 Å². The molecule has 3 nitrogen and oxygen atoms in total. The molecule has 0 unspecified atom stereocenters. The van der Waals surface area contributed by atoms with Crippen molar-refractivity contribution >= 4 is 12.0 Å². The highest BCUT2D eigenvalue weighted by molar-refractivity contribution is 5.74. The zero-order valence-corrected chi connectivity index (χ0v) is 8.47. The van der Waals surface area contributed by atoms with E-state index in [1.165, 1.54) is 6.92 Å².